The number of carbonyl (C=O) groups is 1. The van der Waals surface area contributed by atoms with Gasteiger partial charge in [0, 0.05) is 17.7 Å². The number of carbonyl (C=O) groups excluding carboxylic acids is 1. The quantitative estimate of drug-likeness (QED) is 0.430. The topological polar surface area (TPSA) is 56.8 Å². The van der Waals surface area contributed by atoms with Crippen LogP contribution in [0.25, 0.3) is 0 Å². The number of methoxy groups -OCH3 is 2. The fourth-order valence-electron chi connectivity index (χ4n) is 3.48. The fraction of sp³-hybridized carbons (Fsp3) is 0.222. The minimum absolute atomic E-state index is 0.184. The molecule has 0 saturated heterocycles. The lowest BCUT2D eigenvalue weighted by atomic mass is 10.0. The average Bonchev–Trinajstić information content (AvgIpc) is 2.83. The van der Waals surface area contributed by atoms with E-state index < -0.39 is 0 Å². The summed E-state index contributed by atoms with van der Waals surface area (Å²) in [6, 6.07) is 21.5. The van der Waals surface area contributed by atoms with Crippen molar-refractivity contribution in [3.63, 3.8) is 0 Å². The van der Waals surface area contributed by atoms with Gasteiger partial charge in [-0.05, 0) is 35.2 Å². The van der Waals surface area contributed by atoms with E-state index in [2.05, 4.69) is 11.9 Å². The zero-order chi connectivity index (χ0) is 22.8. The number of rotatable bonds is 11. The van der Waals surface area contributed by atoms with Gasteiger partial charge in [0.1, 0.15) is 0 Å². The highest BCUT2D eigenvalue weighted by atomic mass is 16.5. The second kappa shape index (κ2) is 11.7. The molecule has 166 valence electrons. The van der Waals surface area contributed by atoms with Gasteiger partial charge < -0.3 is 19.5 Å². The first-order valence-corrected chi connectivity index (χ1v) is 10.5. The zero-order valence-corrected chi connectivity index (χ0v) is 18.6. The normalized spacial score (nSPS) is 10.4. The molecule has 3 aromatic carbocycles. The van der Waals surface area contributed by atoms with Crippen LogP contribution in [0.15, 0.2) is 79.4 Å². The zero-order valence-electron chi connectivity index (χ0n) is 18.6. The van der Waals surface area contributed by atoms with Crippen molar-refractivity contribution in [3.05, 3.63) is 107 Å². The van der Waals surface area contributed by atoms with Gasteiger partial charge >= 0.3 is 0 Å². The van der Waals surface area contributed by atoms with Gasteiger partial charge in [0.2, 0.25) is 0 Å². The first-order chi connectivity index (χ1) is 15.7. The first-order valence-electron chi connectivity index (χ1n) is 10.5. The van der Waals surface area contributed by atoms with E-state index in [4.69, 9.17) is 14.2 Å². The molecule has 0 spiro atoms. The molecule has 32 heavy (non-hydrogen) atoms. The second-order valence-electron chi connectivity index (χ2n) is 7.29. The highest BCUT2D eigenvalue weighted by molar-refractivity contribution is 5.95. The van der Waals surface area contributed by atoms with Crippen molar-refractivity contribution in [1.29, 1.82) is 0 Å². The Kier molecular flexibility index (Phi) is 8.46. The molecule has 5 nitrogen and oxygen atoms in total. The summed E-state index contributed by atoms with van der Waals surface area (Å²) >= 11 is 0. The molecule has 0 aromatic heterocycles. The maximum absolute atomic E-state index is 12.9. The molecule has 5 heteroatoms. The summed E-state index contributed by atoms with van der Waals surface area (Å²) in [6.07, 6.45) is 2.34. The number of ether oxygens (including phenoxy) is 3. The Hall–Kier alpha value is -3.57. The molecule has 0 saturated carbocycles. The number of benzene rings is 3. The van der Waals surface area contributed by atoms with Crippen LogP contribution in [0.1, 0.15) is 32.6 Å². The van der Waals surface area contributed by atoms with Gasteiger partial charge in [-0.15, -0.1) is 6.58 Å². The van der Waals surface area contributed by atoms with Gasteiger partial charge in [-0.1, -0.05) is 60.7 Å². The summed E-state index contributed by atoms with van der Waals surface area (Å²) < 4.78 is 16.8. The van der Waals surface area contributed by atoms with Crippen molar-refractivity contribution < 1.29 is 19.0 Å². The van der Waals surface area contributed by atoms with E-state index in [-0.39, 0.29) is 5.91 Å². The largest absolute Gasteiger partial charge is 0.493 e. The fourth-order valence-corrected chi connectivity index (χ4v) is 3.48. The number of nitrogens with one attached hydrogen (secondary N) is 1. The predicted molar refractivity (Wildman–Crippen MR) is 126 cm³/mol. The van der Waals surface area contributed by atoms with Crippen LogP contribution >= 0.6 is 0 Å². The van der Waals surface area contributed by atoms with Crippen LogP contribution in [0.2, 0.25) is 0 Å². The smallest absolute Gasteiger partial charge is 0.251 e. The number of amides is 1. The van der Waals surface area contributed by atoms with E-state index in [1.807, 2.05) is 60.7 Å². The average molecular weight is 432 g/mol. The first kappa shape index (κ1) is 23.1. The Morgan fingerprint density at radius 3 is 2.31 bits per heavy atom. The molecule has 3 aromatic rings. The third kappa shape index (κ3) is 5.99. The van der Waals surface area contributed by atoms with E-state index in [1.165, 1.54) is 0 Å². The molecule has 0 aliphatic carbocycles. The Balaban J connectivity index is 1.67. The maximum Gasteiger partial charge on any atom is 0.251 e. The van der Waals surface area contributed by atoms with Gasteiger partial charge in [0.05, 0.1) is 27.4 Å². The SMILES string of the molecule is C=CCc1cc(C(=O)NCc2ccccc2COCc2ccccc2)cc(OC)c1OC. The molecule has 0 bridgehead atoms. The molecule has 0 aliphatic heterocycles. The second-order valence-corrected chi connectivity index (χ2v) is 7.29. The van der Waals surface area contributed by atoms with Gasteiger partial charge in [-0.2, -0.15) is 0 Å². The minimum atomic E-state index is -0.184. The van der Waals surface area contributed by atoms with Gasteiger partial charge in [0.15, 0.2) is 11.5 Å². The summed E-state index contributed by atoms with van der Waals surface area (Å²) in [4.78, 5) is 12.9. The molecule has 0 heterocycles. The van der Waals surface area contributed by atoms with Crippen molar-refractivity contribution >= 4 is 5.91 Å². The molecular weight excluding hydrogens is 402 g/mol. The van der Waals surface area contributed by atoms with Crippen molar-refractivity contribution in [2.45, 2.75) is 26.2 Å². The van der Waals surface area contributed by atoms with Crippen LogP contribution in [-0.2, 0) is 30.9 Å². The molecule has 0 fully saturated rings. The summed E-state index contributed by atoms with van der Waals surface area (Å²) in [5, 5.41) is 3.01. The maximum atomic E-state index is 12.9. The minimum Gasteiger partial charge on any atom is -0.493 e. The predicted octanol–water partition coefficient (Wildman–Crippen LogP) is 5.08. The lowest BCUT2D eigenvalue weighted by molar-refractivity contribution is 0.0947. The highest BCUT2D eigenvalue weighted by Gasteiger charge is 2.16. The molecule has 0 radical (unpaired) electrons. The summed E-state index contributed by atoms with van der Waals surface area (Å²) in [5.74, 6) is 0.952. The van der Waals surface area contributed by atoms with Crippen molar-refractivity contribution in [2.24, 2.45) is 0 Å². The third-order valence-electron chi connectivity index (χ3n) is 5.11. The van der Waals surface area contributed by atoms with E-state index in [1.54, 1.807) is 26.4 Å². The van der Waals surface area contributed by atoms with Crippen molar-refractivity contribution in [1.82, 2.24) is 5.32 Å². The Labute approximate surface area is 189 Å². The van der Waals surface area contributed by atoms with Gasteiger partial charge in [-0.25, -0.2) is 0 Å². The van der Waals surface area contributed by atoms with Crippen LogP contribution in [-0.4, -0.2) is 20.1 Å². The summed E-state index contributed by atoms with van der Waals surface area (Å²) in [7, 11) is 3.14. The van der Waals surface area contributed by atoms with E-state index >= 15 is 0 Å². The Morgan fingerprint density at radius 2 is 1.62 bits per heavy atom. The standard InChI is InChI=1S/C27H29NO4/c1-4-10-21-15-24(16-25(30-2)26(21)31-3)27(29)28-17-22-13-8-9-14-23(22)19-32-18-20-11-6-5-7-12-20/h4-9,11-16H,1,10,17-19H2,2-3H3,(H,28,29). The van der Waals surface area contributed by atoms with Gasteiger partial charge in [-0.3, -0.25) is 4.79 Å². The lowest BCUT2D eigenvalue weighted by Gasteiger charge is -2.15. The molecule has 3 rings (SSSR count). The molecule has 0 aliphatic rings. The van der Waals surface area contributed by atoms with Crippen LogP contribution in [0, 0.1) is 0 Å². The molecule has 1 N–H and O–H groups in total. The molecule has 0 atom stereocenters. The monoisotopic (exact) mass is 431 g/mol. The number of allylic oxidation sites excluding steroid dienone is 1. The van der Waals surface area contributed by atoms with Crippen molar-refractivity contribution in [2.75, 3.05) is 14.2 Å². The van der Waals surface area contributed by atoms with Crippen LogP contribution in [0.5, 0.6) is 11.5 Å². The van der Waals surface area contributed by atoms with Gasteiger partial charge in [0.25, 0.3) is 5.91 Å². The van der Waals surface area contributed by atoms with Crippen LogP contribution < -0.4 is 14.8 Å². The number of hydrogen-bond acceptors (Lipinski definition) is 4. The highest BCUT2D eigenvalue weighted by Crippen LogP contribution is 2.33. The number of hydrogen-bond donors (Lipinski definition) is 1. The summed E-state index contributed by atoms with van der Waals surface area (Å²) in [6.45, 7) is 5.19. The Morgan fingerprint density at radius 1 is 0.906 bits per heavy atom. The molecule has 1 amide bonds. The van der Waals surface area contributed by atoms with Crippen LogP contribution in [0.4, 0.5) is 0 Å². The van der Waals surface area contributed by atoms with E-state index in [0.717, 1.165) is 22.3 Å². The summed E-state index contributed by atoms with van der Waals surface area (Å²) in [5.41, 5.74) is 4.55. The van der Waals surface area contributed by atoms with E-state index in [9.17, 15) is 4.79 Å². The molecular formula is C27H29NO4. The van der Waals surface area contributed by atoms with Crippen molar-refractivity contribution in [3.8, 4) is 11.5 Å². The van der Waals surface area contributed by atoms with Crippen LogP contribution in [0.3, 0.4) is 0 Å². The third-order valence-corrected chi connectivity index (χ3v) is 5.11. The molecule has 0 unspecified atom stereocenters. The van der Waals surface area contributed by atoms with E-state index in [0.29, 0.717) is 43.2 Å². The lowest BCUT2D eigenvalue weighted by Crippen LogP contribution is -2.23. The Bertz CT molecular complexity index is 1050.